The Bertz CT molecular complexity index is 516. The molecule has 0 amide bonds. The summed E-state index contributed by atoms with van der Waals surface area (Å²) in [6, 6.07) is 0.797. The quantitative estimate of drug-likeness (QED) is 0.619. The molecule has 0 fully saturated rings. The highest BCUT2D eigenvalue weighted by atomic mass is 19.4. The topological polar surface area (TPSA) is 48.4 Å². The van der Waals surface area contributed by atoms with Gasteiger partial charge in [-0.25, -0.2) is 13.8 Å². The van der Waals surface area contributed by atoms with Crippen LogP contribution in [0.2, 0.25) is 0 Å². The molecule has 0 bridgehead atoms. The number of hydrogen-bond donors (Lipinski definition) is 0. The Morgan fingerprint density at radius 2 is 2.00 bits per heavy atom. The number of pyridine rings is 1. The van der Waals surface area contributed by atoms with Crippen LogP contribution >= 0.6 is 0 Å². The number of esters is 1. The normalized spacial score (nSPS) is 11.6. The Kier molecular flexibility index (Phi) is 5.45. The Labute approximate surface area is 116 Å². The van der Waals surface area contributed by atoms with Gasteiger partial charge in [0.05, 0.1) is 25.7 Å². The molecule has 0 spiro atoms. The van der Waals surface area contributed by atoms with Crippen molar-refractivity contribution in [2.24, 2.45) is 0 Å². The van der Waals surface area contributed by atoms with Crippen molar-refractivity contribution in [2.75, 3.05) is 13.7 Å². The molecular weight excluding hydrogens is 301 g/mol. The fraction of sp³-hybridized carbons (Fsp3) is 0.500. The second-order valence-electron chi connectivity index (χ2n) is 3.86. The van der Waals surface area contributed by atoms with E-state index in [1.54, 1.807) is 0 Å². The van der Waals surface area contributed by atoms with Gasteiger partial charge in [0.15, 0.2) is 0 Å². The van der Waals surface area contributed by atoms with Gasteiger partial charge in [0, 0.05) is 6.07 Å². The average Bonchev–Trinajstić information content (AvgIpc) is 2.36. The van der Waals surface area contributed by atoms with Crippen LogP contribution in [-0.2, 0) is 22.1 Å². The lowest BCUT2D eigenvalue weighted by atomic mass is 10.0. The van der Waals surface area contributed by atoms with E-state index in [-0.39, 0.29) is 6.61 Å². The lowest BCUT2D eigenvalue weighted by molar-refractivity contribution is -0.144. The monoisotopic (exact) mass is 313 g/mol. The number of rotatable bonds is 5. The number of carbonyl (C=O) groups is 1. The van der Waals surface area contributed by atoms with Gasteiger partial charge in [-0.3, -0.25) is 4.79 Å². The first-order valence-electron chi connectivity index (χ1n) is 5.79. The van der Waals surface area contributed by atoms with E-state index in [0.717, 1.165) is 13.2 Å². The summed E-state index contributed by atoms with van der Waals surface area (Å²) in [4.78, 5) is 14.5. The Morgan fingerprint density at radius 3 is 2.43 bits per heavy atom. The first-order chi connectivity index (χ1) is 9.70. The van der Waals surface area contributed by atoms with Crippen molar-refractivity contribution in [3.63, 3.8) is 0 Å². The van der Waals surface area contributed by atoms with E-state index >= 15 is 0 Å². The third-order valence-corrected chi connectivity index (χ3v) is 2.45. The molecule has 0 aliphatic carbocycles. The van der Waals surface area contributed by atoms with Crippen molar-refractivity contribution in [1.82, 2.24) is 4.98 Å². The van der Waals surface area contributed by atoms with E-state index < -0.39 is 47.7 Å². The van der Waals surface area contributed by atoms with E-state index in [1.165, 1.54) is 6.92 Å². The van der Waals surface area contributed by atoms with Crippen LogP contribution in [0.25, 0.3) is 0 Å². The standard InChI is InChI=1S/C12H12F5NO3/c1-3-21-8(19)5-6-4-7(20-2)18-10(11(13)14)9(6)12(15,16)17/h4,11H,3,5H2,1-2H3. The molecule has 4 nitrogen and oxygen atoms in total. The lowest BCUT2D eigenvalue weighted by Crippen LogP contribution is -2.18. The van der Waals surface area contributed by atoms with Crippen molar-refractivity contribution in [2.45, 2.75) is 25.9 Å². The summed E-state index contributed by atoms with van der Waals surface area (Å²) in [5.41, 5.74) is -3.77. The van der Waals surface area contributed by atoms with E-state index in [4.69, 9.17) is 0 Å². The van der Waals surface area contributed by atoms with Crippen molar-refractivity contribution < 1.29 is 36.2 Å². The van der Waals surface area contributed by atoms with Crippen molar-refractivity contribution in [1.29, 1.82) is 0 Å². The van der Waals surface area contributed by atoms with E-state index in [2.05, 4.69) is 14.5 Å². The second kappa shape index (κ2) is 6.68. The van der Waals surface area contributed by atoms with Crippen LogP contribution in [0.15, 0.2) is 6.07 Å². The maximum Gasteiger partial charge on any atom is 0.418 e. The smallest absolute Gasteiger partial charge is 0.418 e. The number of nitrogens with zero attached hydrogens (tertiary/aromatic N) is 1. The highest BCUT2D eigenvalue weighted by Gasteiger charge is 2.40. The molecule has 0 atom stereocenters. The number of ether oxygens (including phenoxy) is 2. The van der Waals surface area contributed by atoms with Crippen LogP contribution in [-0.4, -0.2) is 24.7 Å². The van der Waals surface area contributed by atoms with Gasteiger partial charge in [0.2, 0.25) is 5.88 Å². The SMILES string of the molecule is CCOC(=O)Cc1cc(OC)nc(C(F)F)c1C(F)(F)F. The molecule has 1 aromatic rings. The Hall–Kier alpha value is -1.93. The minimum Gasteiger partial charge on any atom is -0.481 e. The van der Waals surface area contributed by atoms with Crippen molar-refractivity contribution in [3.05, 3.63) is 22.9 Å². The fourth-order valence-electron chi connectivity index (χ4n) is 1.69. The number of carbonyl (C=O) groups excluding carboxylic acids is 1. The molecule has 118 valence electrons. The fourth-order valence-corrected chi connectivity index (χ4v) is 1.69. The summed E-state index contributed by atoms with van der Waals surface area (Å²) in [5.74, 6) is -1.39. The predicted molar refractivity (Wildman–Crippen MR) is 61.1 cm³/mol. The van der Waals surface area contributed by atoms with Gasteiger partial charge < -0.3 is 9.47 Å². The third-order valence-electron chi connectivity index (χ3n) is 2.45. The molecular formula is C12H12F5NO3. The number of halogens is 5. The molecule has 0 aromatic carbocycles. The summed E-state index contributed by atoms with van der Waals surface area (Å²) < 4.78 is 73.7. The van der Waals surface area contributed by atoms with Gasteiger partial charge in [-0.15, -0.1) is 0 Å². The summed E-state index contributed by atoms with van der Waals surface area (Å²) >= 11 is 0. The molecule has 0 saturated heterocycles. The van der Waals surface area contributed by atoms with Gasteiger partial charge in [-0.2, -0.15) is 13.2 Å². The van der Waals surface area contributed by atoms with Gasteiger partial charge in [-0.1, -0.05) is 0 Å². The number of hydrogen-bond acceptors (Lipinski definition) is 4. The number of methoxy groups -OCH3 is 1. The van der Waals surface area contributed by atoms with Gasteiger partial charge in [0.25, 0.3) is 6.43 Å². The molecule has 21 heavy (non-hydrogen) atoms. The van der Waals surface area contributed by atoms with E-state index in [9.17, 15) is 26.7 Å². The first-order valence-corrected chi connectivity index (χ1v) is 5.79. The van der Waals surface area contributed by atoms with Crippen LogP contribution in [0.5, 0.6) is 5.88 Å². The van der Waals surface area contributed by atoms with Gasteiger partial charge >= 0.3 is 12.1 Å². The van der Waals surface area contributed by atoms with Crippen LogP contribution in [0, 0.1) is 0 Å². The third kappa shape index (κ3) is 4.27. The maximum atomic E-state index is 13.0. The van der Waals surface area contributed by atoms with Crippen LogP contribution < -0.4 is 4.74 Å². The van der Waals surface area contributed by atoms with Crippen molar-refractivity contribution >= 4 is 5.97 Å². The Morgan fingerprint density at radius 1 is 1.38 bits per heavy atom. The molecule has 1 heterocycles. The average molecular weight is 313 g/mol. The second-order valence-corrected chi connectivity index (χ2v) is 3.86. The van der Waals surface area contributed by atoms with Gasteiger partial charge in [0.1, 0.15) is 5.69 Å². The van der Waals surface area contributed by atoms with E-state index in [1.807, 2.05) is 0 Å². The molecule has 0 radical (unpaired) electrons. The highest BCUT2D eigenvalue weighted by Crippen LogP contribution is 2.39. The van der Waals surface area contributed by atoms with E-state index in [0.29, 0.717) is 0 Å². The zero-order chi connectivity index (χ0) is 16.2. The highest BCUT2D eigenvalue weighted by molar-refractivity contribution is 5.73. The molecule has 1 rings (SSSR count). The maximum absolute atomic E-state index is 13.0. The van der Waals surface area contributed by atoms with Crippen molar-refractivity contribution in [3.8, 4) is 5.88 Å². The zero-order valence-corrected chi connectivity index (χ0v) is 11.1. The number of aromatic nitrogens is 1. The Balaban J connectivity index is 3.43. The lowest BCUT2D eigenvalue weighted by Gasteiger charge is -2.17. The molecule has 0 aliphatic rings. The predicted octanol–water partition coefficient (Wildman–Crippen LogP) is 3.15. The minimum absolute atomic E-state index is 0.0376. The summed E-state index contributed by atoms with van der Waals surface area (Å²) in [5, 5.41) is 0. The number of alkyl halides is 5. The zero-order valence-electron chi connectivity index (χ0n) is 11.1. The first kappa shape index (κ1) is 17.1. The molecule has 9 heteroatoms. The van der Waals surface area contributed by atoms with Crippen LogP contribution in [0.1, 0.15) is 30.2 Å². The molecule has 0 aliphatic heterocycles. The molecule has 0 saturated carbocycles. The summed E-state index contributed by atoms with van der Waals surface area (Å²) in [6.45, 7) is 1.43. The summed E-state index contributed by atoms with van der Waals surface area (Å²) in [7, 11) is 1.07. The summed E-state index contributed by atoms with van der Waals surface area (Å²) in [6.07, 6.45) is -9.34. The molecule has 0 N–H and O–H groups in total. The molecule has 0 unspecified atom stereocenters. The van der Waals surface area contributed by atoms with Gasteiger partial charge in [-0.05, 0) is 12.5 Å². The van der Waals surface area contributed by atoms with Crippen LogP contribution in [0.4, 0.5) is 22.0 Å². The molecule has 1 aromatic heterocycles. The van der Waals surface area contributed by atoms with Crippen LogP contribution in [0.3, 0.4) is 0 Å². The minimum atomic E-state index is -5.08. The largest absolute Gasteiger partial charge is 0.481 e.